The van der Waals surface area contributed by atoms with Crippen LogP contribution < -0.4 is 0 Å². The molecule has 13 rings (SSSR count). The van der Waals surface area contributed by atoms with E-state index in [2.05, 4.69) is 252 Å². The summed E-state index contributed by atoms with van der Waals surface area (Å²) in [5, 5.41) is 10.00. The van der Waals surface area contributed by atoms with E-state index in [9.17, 15) is 0 Å². The van der Waals surface area contributed by atoms with E-state index in [4.69, 9.17) is 0 Å². The Balaban J connectivity index is 0.963. The van der Waals surface area contributed by atoms with Crippen LogP contribution in [0.5, 0.6) is 0 Å². The van der Waals surface area contributed by atoms with Gasteiger partial charge in [0.15, 0.2) is 0 Å². The largest absolute Gasteiger partial charge is 0.309 e. The lowest BCUT2D eigenvalue weighted by molar-refractivity contribution is 1.18. The third-order valence-electron chi connectivity index (χ3n) is 13.3. The van der Waals surface area contributed by atoms with Crippen molar-refractivity contribution in [3.05, 3.63) is 243 Å². The van der Waals surface area contributed by atoms with Crippen LogP contribution in [-0.2, 0) is 0 Å². The third-order valence-corrected chi connectivity index (χ3v) is 13.3. The highest BCUT2D eigenvalue weighted by Crippen LogP contribution is 2.46. The van der Waals surface area contributed by atoms with E-state index in [1.807, 2.05) is 0 Å². The summed E-state index contributed by atoms with van der Waals surface area (Å²) in [6, 6.07) is 88.9. The van der Waals surface area contributed by atoms with Gasteiger partial charge in [-0.2, -0.15) is 0 Å². The molecule has 2 aromatic heterocycles. The van der Waals surface area contributed by atoms with E-state index in [0.29, 0.717) is 0 Å². The van der Waals surface area contributed by atoms with E-state index < -0.39 is 0 Å². The molecule has 11 aromatic carbocycles. The summed E-state index contributed by atoms with van der Waals surface area (Å²) in [5.74, 6) is 0. The fraction of sp³-hybridized carbons (Fsp3) is 0. The standard InChI is InChI=1S/C62H40N2/c1-3-17-41(18-4-1)47-21-7-8-24-51(47)62-54-27-11-9-25-52(54)61(53-26-10-12-28-55(53)62)42-31-35-46(36-32-42)64-57-29-15-13-22-48(57)50-37-33-44(40-60(50)64)43-34-38-59-56(39-43)49-23-14-16-30-58(49)63(59)45-19-5-2-6-20-45/h1-40H. The van der Waals surface area contributed by atoms with Crippen LogP contribution in [0, 0.1) is 0 Å². The molecule has 64 heavy (non-hydrogen) atoms. The molecule has 0 unspecified atom stereocenters. The van der Waals surface area contributed by atoms with Gasteiger partial charge in [0, 0.05) is 32.9 Å². The van der Waals surface area contributed by atoms with Crippen LogP contribution in [-0.4, -0.2) is 9.13 Å². The molecule has 2 heterocycles. The van der Waals surface area contributed by atoms with Crippen molar-refractivity contribution < 1.29 is 0 Å². The summed E-state index contributed by atoms with van der Waals surface area (Å²) >= 11 is 0. The van der Waals surface area contributed by atoms with Crippen LogP contribution in [0.25, 0.3) is 121 Å². The first-order valence-electron chi connectivity index (χ1n) is 22.1. The molecule has 0 fully saturated rings. The van der Waals surface area contributed by atoms with E-state index >= 15 is 0 Å². The van der Waals surface area contributed by atoms with Gasteiger partial charge in [-0.15, -0.1) is 0 Å². The van der Waals surface area contributed by atoms with Gasteiger partial charge in [-0.3, -0.25) is 0 Å². The molecule has 0 aliphatic carbocycles. The Labute approximate surface area is 371 Å². The molecule has 0 saturated heterocycles. The van der Waals surface area contributed by atoms with Gasteiger partial charge in [-0.25, -0.2) is 0 Å². The van der Waals surface area contributed by atoms with Gasteiger partial charge in [0.05, 0.1) is 22.1 Å². The van der Waals surface area contributed by atoms with Crippen LogP contribution in [0.1, 0.15) is 0 Å². The number of hydrogen-bond donors (Lipinski definition) is 0. The second kappa shape index (κ2) is 14.6. The number of hydrogen-bond acceptors (Lipinski definition) is 0. The third kappa shape index (κ3) is 5.59. The van der Waals surface area contributed by atoms with Gasteiger partial charge in [0.25, 0.3) is 0 Å². The number of benzene rings is 11. The Morgan fingerprint density at radius 2 is 0.625 bits per heavy atom. The number of rotatable bonds is 6. The van der Waals surface area contributed by atoms with Crippen LogP contribution in [0.2, 0.25) is 0 Å². The maximum atomic E-state index is 2.44. The van der Waals surface area contributed by atoms with Crippen molar-refractivity contribution in [2.75, 3.05) is 0 Å². The Hall–Kier alpha value is -8.46. The number of para-hydroxylation sites is 3. The first-order valence-corrected chi connectivity index (χ1v) is 22.1. The molecule has 2 nitrogen and oxygen atoms in total. The lowest BCUT2D eigenvalue weighted by Gasteiger charge is -2.20. The molecule has 0 bridgehead atoms. The molecule has 0 aliphatic heterocycles. The summed E-state index contributed by atoms with van der Waals surface area (Å²) in [4.78, 5) is 0. The zero-order valence-electron chi connectivity index (χ0n) is 35.0. The second-order valence-electron chi connectivity index (χ2n) is 16.8. The lowest BCUT2D eigenvalue weighted by atomic mass is 9.84. The summed E-state index contributed by atoms with van der Waals surface area (Å²) in [5.41, 5.74) is 16.9. The smallest absolute Gasteiger partial charge is 0.0547 e. The van der Waals surface area contributed by atoms with Crippen molar-refractivity contribution in [1.82, 2.24) is 9.13 Å². The topological polar surface area (TPSA) is 9.86 Å². The highest BCUT2D eigenvalue weighted by atomic mass is 15.0. The number of aromatic nitrogens is 2. The van der Waals surface area contributed by atoms with Crippen molar-refractivity contribution in [3.63, 3.8) is 0 Å². The van der Waals surface area contributed by atoms with Gasteiger partial charge in [-0.05, 0) is 121 Å². The Morgan fingerprint density at radius 3 is 1.28 bits per heavy atom. The van der Waals surface area contributed by atoms with Gasteiger partial charge in [0.1, 0.15) is 0 Å². The van der Waals surface area contributed by atoms with Crippen molar-refractivity contribution >= 4 is 65.2 Å². The first kappa shape index (κ1) is 36.2. The van der Waals surface area contributed by atoms with Gasteiger partial charge < -0.3 is 9.13 Å². The Bertz CT molecular complexity index is 3870. The zero-order valence-corrected chi connectivity index (χ0v) is 35.0. The molecule has 0 amide bonds. The first-order chi connectivity index (χ1) is 31.8. The van der Waals surface area contributed by atoms with Crippen LogP contribution in [0.3, 0.4) is 0 Å². The predicted molar refractivity (Wildman–Crippen MR) is 272 cm³/mol. The van der Waals surface area contributed by atoms with Crippen LogP contribution in [0.4, 0.5) is 0 Å². The van der Waals surface area contributed by atoms with Crippen molar-refractivity contribution in [2.45, 2.75) is 0 Å². The van der Waals surface area contributed by atoms with E-state index in [-0.39, 0.29) is 0 Å². The molecule has 0 spiro atoms. The monoisotopic (exact) mass is 812 g/mol. The molecule has 0 aliphatic rings. The van der Waals surface area contributed by atoms with Crippen molar-refractivity contribution in [3.8, 4) is 55.9 Å². The van der Waals surface area contributed by atoms with E-state index in [1.165, 1.54) is 115 Å². The Morgan fingerprint density at radius 1 is 0.203 bits per heavy atom. The predicted octanol–water partition coefficient (Wildman–Crippen LogP) is 16.9. The number of fused-ring (bicyclic) bond motifs is 8. The molecular formula is C62H40N2. The maximum absolute atomic E-state index is 2.44. The van der Waals surface area contributed by atoms with Gasteiger partial charge in [-0.1, -0.05) is 188 Å². The lowest BCUT2D eigenvalue weighted by Crippen LogP contribution is -1.95. The minimum atomic E-state index is 1.13. The summed E-state index contributed by atoms with van der Waals surface area (Å²) in [7, 11) is 0. The molecule has 0 saturated carbocycles. The summed E-state index contributed by atoms with van der Waals surface area (Å²) < 4.78 is 4.82. The van der Waals surface area contributed by atoms with Crippen LogP contribution >= 0.6 is 0 Å². The average molecular weight is 813 g/mol. The number of nitrogens with zero attached hydrogens (tertiary/aromatic N) is 2. The van der Waals surface area contributed by atoms with E-state index in [0.717, 1.165) is 5.69 Å². The van der Waals surface area contributed by atoms with Gasteiger partial charge in [0.2, 0.25) is 0 Å². The fourth-order valence-corrected chi connectivity index (χ4v) is 10.5. The second-order valence-corrected chi connectivity index (χ2v) is 16.8. The van der Waals surface area contributed by atoms with Crippen molar-refractivity contribution in [2.24, 2.45) is 0 Å². The maximum Gasteiger partial charge on any atom is 0.0547 e. The molecule has 2 heteroatoms. The highest BCUT2D eigenvalue weighted by Gasteiger charge is 2.20. The highest BCUT2D eigenvalue weighted by molar-refractivity contribution is 6.22. The Kier molecular flexibility index (Phi) is 8.25. The molecule has 298 valence electrons. The van der Waals surface area contributed by atoms with E-state index in [1.54, 1.807) is 0 Å². The minimum absolute atomic E-state index is 1.13. The zero-order chi connectivity index (χ0) is 42.1. The fourth-order valence-electron chi connectivity index (χ4n) is 10.5. The molecule has 0 radical (unpaired) electrons. The van der Waals surface area contributed by atoms with Gasteiger partial charge >= 0.3 is 0 Å². The summed E-state index contributed by atoms with van der Waals surface area (Å²) in [6.45, 7) is 0. The van der Waals surface area contributed by atoms with Crippen molar-refractivity contribution in [1.29, 1.82) is 0 Å². The average Bonchev–Trinajstić information content (AvgIpc) is 3.88. The SMILES string of the molecule is c1ccc(-c2ccccc2-c2c3ccccc3c(-c3ccc(-n4c5ccccc5c5ccc(-c6ccc7c(c6)c6ccccc6n7-c6ccccc6)cc54)cc3)c3ccccc23)cc1. The summed E-state index contributed by atoms with van der Waals surface area (Å²) in [6.07, 6.45) is 0. The quantitative estimate of drug-likeness (QED) is 0.148. The minimum Gasteiger partial charge on any atom is -0.309 e. The molecular weight excluding hydrogens is 773 g/mol. The molecule has 13 aromatic rings. The normalized spacial score (nSPS) is 11.8. The molecule has 0 N–H and O–H groups in total. The molecule has 0 atom stereocenters. The van der Waals surface area contributed by atoms with Crippen LogP contribution in [0.15, 0.2) is 243 Å².